The van der Waals surface area contributed by atoms with E-state index >= 15 is 0 Å². The van der Waals surface area contributed by atoms with Gasteiger partial charge in [0, 0.05) is 22.5 Å². The van der Waals surface area contributed by atoms with Crippen LogP contribution < -0.4 is 19.8 Å². The van der Waals surface area contributed by atoms with E-state index in [1.54, 1.807) is 6.33 Å². The van der Waals surface area contributed by atoms with Crippen molar-refractivity contribution in [2.45, 2.75) is 35.9 Å². The Morgan fingerprint density at radius 3 is 3.06 bits per heavy atom. The zero-order valence-electron chi connectivity index (χ0n) is 16.7. The number of imidazole rings is 1. The minimum atomic E-state index is 0.230. The first-order valence-electron chi connectivity index (χ1n) is 10.1. The van der Waals surface area contributed by atoms with Gasteiger partial charge in [-0.15, -0.1) is 0 Å². The molecule has 1 aromatic carbocycles. The number of fused-ring (bicyclic) bond motifs is 2. The summed E-state index contributed by atoms with van der Waals surface area (Å²) in [6.07, 6.45) is 5.84. The zero-order chi connectivity index (χ0) is 21.4. The van der Waals surface area contributed by atoms with Gasteiger partial charge in [0.05, 0.1) is 6.54 Å². The van der Waals surface area contributed by atoms with E-state index in [4.69, 9.17) is 20.2 Å². The smallest absolute Gasteiger partial charge is 0.294 e. The number of nitrogens with two attached hydrogens (primary N) is 1. The third-order valence-corrected chi connectivity index (χ3v) is 7.50. The second-order valence-electron chi connectivity index (χ2n) is 7.70. The summed E-state index contributed by atoms with van der Waals surface area (Å²) in [6.45, 7) is 2.67. The molecule has 2 aliphatic heterocycles. The van der Waals surface area contributed by atoms with Crippen molar-refractivity contribution in [3.8, 4) is 11.5 Å². The van der Waals surface area contributed by atoms with Crippen molar-refractivity contribution in [2.24, 2.45) is 5.92 Å². The molecule has 2 aliphatic rings. The van der Waals surface area contributed by atoms with Crippen LogP contribution >= 0.6 is 27.7 Å². The molecule has 1 amide bonds. The van der Waals surface area contributed by atoms with Gasteiger partial charge in [-0.25, -0.2) is 4.57 Å². The van der Waals surface area contributed by atoms with Gasteiger partial charge in [0.25, 0.3) is 5.65 Å². The SMILES string of the molecule is Nc1nc[n+](CC[C@H]2CCCN(C=O)C2)c2nc(Sc3cc4c(cc3Br)OCO4)[nH]c12. The number of hydrogen-bond donors (Lipinski definition) is 2. The summed E-state index contributed by atoms with van der Waals surface area (Å²) in [5, 5.41) is 0.716. The molecular weight excluding hydrogens is 484 g/mol. The van der Waals surface area contributed by atoms with Crippen LogP contribution in [0, 0.1) is 5.92 Å². The van der Waals surface area contributed by atoms with Gasteiger partial charge in [-0.1, -0.05) is 9.97 Å². The Hall–Kier alpha value is -2.53. The molecule has 1 saturated heterocycles. The zero-order valence-corrected chi connectivity index (χ0v) is 19.1. The number of hydrogen-bond acceptors (Lipinski definition) is 7. The van der Waals surface area contributed by atoms with Gasteiger partial charge in [0.1, 0.15) is 0 Å². The molecule has 0 spiro atoms. The first-order chi connectivity index (χ1) is 15.1. The van der Waals surface area contributed by atoms with Crippen molar-refractivity contribution in [2.75, 3.05) is 25.6 Å². The summed E-state index contributed by atoms with van der Waals surface area (Å²) in [6, 6.07) is 3.83. The molecular formula is C20H22BrN6O3S+. The molecule has 0 saturated carbocycles. The molecule has 2 aromatic heterocycles. The van der Waals surface area contributed by atoms with Crippen LogP contribution in [0.15, 0.2) is 33.0 Å². The van der Waals surface area contributed by atoms with E-state index in [1.165, 1.54) is 11.8 Å². The number of likely N-dealkylation sites (tertiary alicyclic amines) is 1. The van der Waals surface area contributed by atoms with E-state index in [-0.39, 0.29) is 6.79 Å². The fraction of sp³-hybridized carbons (Fsp3) is 0.400. The third kappa shape index (κ3) is 4.16. The van der Waals surface area contributed by atoms with Crippen molar-refractivity contribution in [3.05, 3.63) is 22.9 Å². The molecule has 11 heteroatoms. The van der Waals surface area contributed by atoms with Gasteiger partial charge in [-0.05, 0) is 65.0 Å². The highest BCUT2D eigenvalue weighted by atomic mass is 79.9. The molecule has 1 fully saturated rings. The predicted octanol–water partition coefficient (Wildman–Crippen LogP) is 2.73. The van der Waals surface area contributed by atoms with E-state index in [2.05, 4.69) is 25.9 Å². The van der Waals surface area contributed by atoms with Crippen LogP contribution in [0.1, 0.15) is 19.3 Å². The molecule has 31 heavy (non-hydrogen) atoms. The first-order valence-corrected chi connectivity index (χ1v) is 11.7. The van der Waals surface area contributed by atoms with E-state index in [9.17, 15) is 4.79 Å². The van der Waals surface area contributed by atoms with Crippen molar-refractivity contribution in [1.82, 2.24) is 19.9 Å². The number of amides is 1. The number of benzene rings is 1. The molecule has 0 aliphatic carbocycles. The highest BCUT2D eigenvalue weighted by Crippen LogP contribution is 2.42. The molecule has 0 bridgehead atoms. The Morgan fingerprint density at radius 2 is 2.23 bits per heavy atom. The van der Waals surface area contributed by atoms with Crippen LogP contribution in [0.4, 0.5) is 5.82 Å². The molecule has 162 valence electrons. The molecule has 9 nitrogen and oxygen atoms in total. The minimum Gasteiger partial charge on any atom is -0.454 e. The van der Waals surface area contributed by atoms with E-state index < -0.39 is 0 Å². The molecule has 4 heterocycles. The Labute approximate surface area is 191 Å². The summed E-state index contributed by atoms with van der Waals surface area (Å²) in [4.78, 5) is 26.3. The number of halogens is 1. The number of H-pyrrole nitrogens is 1. The highest BCUT2D eigenvalue weighted by molar-refractivity contribution is 9.10. The quantitative estimate of drug-likeness (QED) is 0.391. The van der Waals surface area contributed by atoms with E-state index in [0.717, 1.165) is 77.3 Å². The average Bonchev–Trinajstić information content (AvgIpc) is 3.41. The Morgan fingerprint density at radius 1 is 1.39 bits per heavy atom. The standard InChI is InChI=1S/C20H21BrN6O3S/c21-13-6-14-15(30-11-29-14)7-16(13)31-20-24-17-18(22)23-9-27(19(17)25-20)5-3-12-2-1-4-26(8-12)10-28/h6-7,9-10,12H,1-5,8,11H2,(H2,22,24,25)/p+1/t12-/m1/s1. The summed E-state index contributed by atoms with van der Waals surface area (Å²) in [5.74, 6) is 2.34. The van der Waals surface area contributed by atoms with Crippen LogP contribution in [0.2, 0.25) is 0 Å². The van der Waals surface area contributed by atoms with Crippen molar-refractivity contribution in [1.29, 1.82) is 0 Å². The molecule has 0 unspecified atom stereocenters. The normalized spacial score (nSPS) is 18.0. The van der Waals surface area contributed by atoms with Gasteiger partial charge < -0.3 is 25.1 Å². The molecule has 3 N–H and O–H groups in total. The number of piperidine rings is 1. The number of aromatic amines is 1. The van der Waals surface area contributed by atoms with Gasteiger partial charge in [0.15, 0.2) is 17.0 Å². The highest BCUT2D eigenvalue weighted by Gasteiger charge is 2.24. The second-order valence-corrected chi connectivity index (χ2v) is 9.58. The number of carbonyl (C=O) groups is 1. The number of nitrogen functional groups attached to an aromatic ring is 1. The van der Waals surface area contributed by atoms with Crippen LogP contribution in [0.25, 0.3) is 11.2 Å². The lowest BCUT2D eigenvalue weighted by molar-refractivity contribution is -0.677. The number of carbonyl (C=O) groups excluding carboxylic acids is 1. The second kappa shape index (κ2) is 8.54. The summed E-state index contributed by atoms with van der Waals surface area (Å²) in [5.41, 5.74) is 7.61. The lowest BCUT2D eigenvalue weighted by atomic mass is 9.95. The number of aromatic nitrogens is 4. The lowest BCUT2D eigenvalue weighted by Gasteiger charge is -2.29. The van der Waals surface area contributed by atoms with Gasteiger partial charge in [0.2, 0.25) is 30.5 Å². The number of nitrogens with zero attached hydrogens (tertiary/aromatic N) is 4. The molecule has 5 rings (SSSR count). The lowest BCUT2D eigenvalue weighted by Crippen LogP contribution is -2.40. The van der Waals surface area contributed by atoms with Gasteiger partial charge >= 0.3 is 0 Å². The third-order valence-electron chi connectivity index (χ3n) is 5.64. The minimum absolute atomic E-state index is 0.230. The number of rotatable bonds is 6. The van der Waals surface area contributed by atoms with Crippen molar-refractivity contribution < 1.29 is 18.8 Å². The molecule has 1 atom stereocenters. The van der Waals surface area contributed by atoms with E-state index in [1.807, 2.05) is 21.6 Å². The van der Waals surface area contributed by atoms with Crippen LogP contribution in [-0.2, 0) is 11.3 Å². The van der Waals surface area contributed by atoms with Crippen molar-refractivity contribution in [3.63, 3.8) is 0 Å². The van der Waals surface area contributed by atoms with E-state index in [0.29, 0.717) is 16.9 Å². The van der Waals surface area contributed by atoms with Gasteiger partial charge in [-0.2, -0.15) is 0 Å². The topological polar surface area (TPSA) is 110 Å². The summed E-state index contributed by atoms with van der Waals surface area (Å²) >= 11 is 5.07. The largest absolute Gasteiger partial charge is 0.454 e. The van der Waals surface area contributed by atoms with Gasteiger partial charge in [-0.3, -0.25) is 4.79 Å². The van der Waals surface area contributed by atoms with Crippen LogP contribution in [0.3, 0.4) is 0 Å². The monoisotopic (exact) mass is 505 g/mol. The van der Waals surface area contributed by atoms with Crippen LogP contribution in [0.5, 0.6) is 11.5 Å². The first kappa shape index (κ1) is 20.4. The summed E-state index contributed by atoms with van der Waals surface area (Å²) < 4.78 is 13.8. The average molecular weight is 506 g/mol. The number of ether oxygens (including phenoxy) is 2. The maximum Gasteiger partial charge on any atom is 0.294 e. The number of aryl methyl sites for hydroxylation is 1. The Bertz CT molecular complexity index is 1140. The van der Waals surface area contributed by atoms with Crippen molar-refractivity contribution >= 4 is 51.1 Å². The number of nitrogens with one attached hydrogen (secondary N) is 1. The molecule has 0 radical (unpaired) electrons. The number of anilines is 1. The maximum absolute atomic E-state index is 11.1. The Kier molecular flexibility index (Phi) is 5.61. The summed E-state index contributed by atoms with van der Waals surface area (Å²) in [7, 11) is 0. The van der Waals surface area contributed by atoms with Crippen LogP contribution in [-0.4, -0.2) is 46.1 Å². The molecule has 3 aromatic rings. The Balaban J connectivity index is 1.37. The predicted molar refractivity (Wildman–Crippen MR) is 118 cm³/mol. The fourth-order valence-corrected chi connectivity index (χ4v) is 5.40. The fourth-order valence-electron chi connectivity index (χ4n) is 4.02. The maximum atomic E-state index is 11.1.